The lowest BCUT2D eigenvalue weighted by atomic mass is 10.1. The Morgan fingerprint density at radius 1 is 1.48 bits per heavy atom. The smallest absolute Gasteiger partial charge is 0.308 e. The Morgan fingerprint density at radius 3 is 2.90 bits per heavy atom. The first kappa shape index (κ1) is 15.4. The maximum Gasteiger partial charge on any atom is 0.308 e. The summed E-state index contributed by atoms with van der Waals surface area (Å²) < 4.78 is 23.9. The summed E-state index contributed by atoms with van der Waals surface area (Å²) in [6.45, 7) is 2.71. The summed E-state index contributed by atoms with van der Waals surface area (Å²) >= 11 is 0. The van der Waals surface area contributed by atoms with Crippen molar-refractivity contribution in [3.05, 3.63) is 35.1 Å². The van der Waals surface area contributed by atoms with Crippen LogP contribution in [0.3, 0.4) is 0 Å². The fraction of sp³-hybridized carbons (Fsp3) is 0.467. The molecule has 0 aliphatic carbocycles. The number of aryl methyl sites for hydroxylation is 1. The predicted molar refractivity (Wildman–Crippen MR) is 73.4 cm³/mol. The van der Waals surface area contributed by atoms with Gasteiger partial charge in [0, 0.05) is 13.1 Å². The molecule has 1 saturated heterocycles. The number of amides is 1. The molecule has 1 fully saturated rings. The zero-order valence-electron chi connectivity index (χ0n) is 12.1. The average molecular weight is 295 g/mol. The lowest BCUT2D eigenvalue weighted by molar-refractivity contribution is -0.145. The molecule has 0 N–H and O–H groups in total. The van der Waals surface area contributed by atoms with Crippen LogP contribution in [0.5, 0.6) is 0 Å². The predicted octanol–water partition coefficient (Wildman–Crippen LogP) is 1.54. The zero-order valence-corrected chi connectivity index (χ0v) is 12.1. The molecule has 1 aromatic rings. The minimum atomic E-state index is -0.531. The highest BCUT2D eigenvalue weighted by molar-refractivity contribution is 5.94. The van der Waals surface area contributed by atoms with E-state index in [4.69, 9.17) is 4.74 Å². The number of methoxy groups -OCH3 is 1. The Kier molecular flexibility index (Phi) is 4.90. The first-order valence-electron chi connectivity index (χ1n) is 6.75. The summed E-state index contributed by atoms with van der Waals surface area (Å²) in [7, 11) is 1.30. The summed E-state index contributed by atoms with van der Waals surface area (Å²) in [5.41, 5.74) is 0.800. The van der Waals surface area contributed by atoms with Gasteiger partial charge in [-0.25, -0.2) is 4.39 Å². The van der Waals surface area contributed by atoms with Crippen molar-refractivity contribution in [1.82, 2.24) is 4.90 Å². The van der Waals surface area contributed by atoms with Crippen LogP contribution in [-0.2, 0) is 14.3 Å². The number of benzene rings is 1. The molecule has 0 bridgehead atoms. The van der Waals surface area contributed by atoms with Gasteiger partial charge < -0.3 is 14.4 Å². The summed E-state index contributed by atoms with van der Waals surface area (Å²) in [4.78, 5) is 25.1. The topological polar surface area (TPSA) is 55.8 Å². The first-order valence-corrected chi connectivity index (χ1v) is 6.75. The molecule has 0 radical (unpaired) electrons. The van der Waals surface area contributed by atoms with Crippen LogP contribution in [0.2, 0.25) is 0 Å². The molecule has 1 aliphatic heterocycles. The SMILES string of the molecule is COC(=O)CC1CN(C(=O)c2ccc(C)cc2F)CCO1. The van der Waals surface area contributed by atoms with Crippen molar-refractivity contribution in [2.75, 3.05) is 26.8 Å². The van der Waals surface area contributed by atoms with Gasteiger partial charge in [0.1, 0.15) is 5.82 Å². The van der Waals surface area contributed by atoms with Crippen molar-refractivity contribution in [2.24, 2.45) is 0 Å². The molecule has 0 saturated carbocycles. The molecule has 0 spiro atoms. The van der Waals surface area contributed by atoms with Gasteiger partial charge in [-0.3, -0.25) is 9.59 Å². The largest absolute Gasteiger partial charge is 0.469 e. The number of esters is 1. The van der Waals surface area contributed by atoms with Gasteiger partial charge in [-0.05, 0) is 24.6 Å². The van der Waals surface area contributed by atoms with Crippen molar-refractivity contribution in [2.45, 2.75) is 19.4 Å². The second-order valence-electron chi connectivity index (χ2n) is 5.01. The molecule has 1 heterocycles. The van der Waals surface area contributed by atoms with Gasteiger partial charge in [0.05, 0.1) is 31.8 Å². The number of morpholine rings is 1. The molecule has 1 aromatic carbocycles. The number of carbonyl (C=O) groups is 2. The van der Waals surface area contributed by atoms with Crippen molar-refractivity contribution < 1.29 is 23.5 Å². The van der Waals surface area contributed by atoms with Crippen molar-refractivity contribution in [3.63, 3.8) is 0 Å². The Labute approximate surface area is 122 Å². The van der Waals surface area contributed by atoms with E-state index in [2.05, 4.69) is 4.74 Å². The highest BCUT2D eigenvalue weighted by atomic mass is 19.1. The van der Waals surface area contributed by atoms with Gasteiger partial charge in [0.25, 0.3) is 5.91 Å². The van der Waals surface area contributed by atoms with E-state index in [1.54, 1.807) is 13.0 Å². The zero-order chi connectivity index (χ0) is 15.4. The standard InChI is InChI=1S/C15H18FNO4/c1-10-3-4-12(13(16)7-10)15(19)17-5-6-21-11(9-17)8-14(18)20-2/h3-4,7,11H,5-6,8-9H2,1-2H3. The summed E-state index contributed by atoms with van der Waals surface area (Å²) in [6, 6.07) is 4.51. The number of ether oxygens (including phenoxy) is 2. The molecule has 6 heteroatoms. The summed E-state index contributed by atoms with van der Waals surface area (Å²) in [5.74, 6) is -1.31. The van der Waals surface area contributed by atoms with Crippen LogP contribution in [0, 0.1) is 12.7 Å². The van der Waals surface area contributed by atoms with Crippen LogP contribution in [0.4, 0.5) is 4.39 Å². The number of halogens is 1. The Morgan fingerprint density at radius 2 is 2.24 bits per heavy atom. The second kappa shape index (κ2) is 6.67. The van der Waals surface area contributed by atoms with Gasteiger partial charge in [0.2, 0.25) is 0 Å². The second-order valence-corrected chi connectivity index (χ2v) is 5.01. The maximum absolute atomic E-state index is 13.9. The van der Waals surface area contributed by atoms with Crippen molar-refractivity contribution in [3.8, 4) is 0 Å². The molecule has 1 aliphatic rings. The van der Waals surface area contributed by atoms with Gasteiger partial charge in [-0.15, -0.1) is 0 Å². The molecule has 5 nitrogen and oxygen atoms in total. The fourth-order valence-electron chi connectivity index (χ4n) is 2.26. The van der Waals surface area contributed by atoms with Crippen LogP contribution >= 0.6 is 0 Å². The lowest BCUT2D eigenvalue weighted by Crippen LogP contribution is -2.46. The van der Waals surface area contributed by atoms with Crippen LogP contribution in [0.15, 0.2) is 18.2 Å². The third-order valence-electron chi connectivity index (χ3n) is 3.40. The van der Waals surface area contributed by atoms with E-state index in [1.807, 2.05) is 0 Å². The third kappa shape index (κ3) is 3.78. The molecule has 114 valence electrons. The molecule has 1 unspecified atom stereocenters. The first-order chi connectivity index (χ1) is 10.0. The lowest BCUT2D eigenvalue weighted by Gasteiger charge is -2.32. The van der Waals surface area contributed by atoms with E-state index in [0.29, 0.717) is 13.2 Å². The minimum Gasteiger partial charge on any atom is -0.469 e. The van der Waals surface area contributed by atoms with E-state index in [9.17, 15) is 14.0 Å². The number of hydrogen-bond donors (Lipinski definition) is 0. The van der Waals surface area contributed by atoms with Gasteiger partial charge in [0.15, 0.2) is 0 Å². The Balaban J connectivity index is 2.06. The van der Waals surface area contributed by atoms with Gasteiger partial charge in [-0.1, -0.05) is 6.07 Å². The molecule has 1 amide bonds. The number of hydrogen-bond acceptors (Lipinski definition) is 4. The normalized spacial score (nSPS) is 18.4. The Bertz CT molecular complexity index is 546. The molecule has 1 atom stereocenters. The molecule has 2 rings (SSSR count). The fourth-order valence-corrected chi connectivity index (χ4v) is 2.26. The van der Waals surface area contributed by atoms with E-state index in [1.165, 1.54) is 24.1 Å². The van der Waals surface area contributed by atoms with Crippen molar-refractivity contribution in [1.29, 1.82) is 0 Å². The summed E-state index contributed by atoms with van der Waals surface area (Å²) in [6.07, 6.45) is -0.333. The quantitative estimate of drug-likeness (QED) is 0.794. The maximum atomic E-state index is 13.9. The van der Waals surface area contributed by atoms with Crippen LogP contribution < -0.4 is 0 Å². The molecule has 0 aromatic heterocycles. The van der Waals surface area contributed by atoms with Crippen LogP contribution in [0.25, 0.3) is 0 Å². The van der Waals surface area contributed by atoms with E-state index in [0.717, 1.165) is 5.56 Å². The number of carbonyl (C=O) groups excluding carboxylic acids is 2. The summed E-state index contributed by atoms with van der Waals surface area (Å²) in [5, 5.41) is 0. The molecule has 21 heavy (non-hydrogen) atoms. The van der Waals surface area contributed by atoms with E-state index < -0.39 is 17.9 Å². The van der Waals surface area contributed by atoms with Crippen LogP contribution in [0.1, 0.15) is 22.3 Å². The van der Waals surface area contributed by atoms with E-state index >= 15 is 0 Å². The minimum absolute atomic E-state index is 0.0410. The highest BCUT2D eigenvalue weighted by Crippen LogP contribution is 2.16. The van der Waals surface area contributed by atoms with E-state index in [-0.39, 0.29) is 24.4 Å². The van der Waals surface area contributed by atoms with Crippen molar-refractivity contribution >= 4 is 11.9 Å². The van der Waals surface area contributed by atoms with Crippen LogP contribution in [-0.4, -0.2) is 49.7 Å². The highest BCUT2D eigenvalue weighted by Gasteiger charge is 2.28. The molecular weight excluding hydrogens is 277 g/mol. The van der Waals surface area contributed by atoms with Gasteiger partial charge >= 0.3 is 5.97 Å². The monoisotopic (exact) mass is 295 g/mol. The number of nitrogens with zero attached hydrogens (tertiary/aromatic N) is 1. The number of rotatable bonds is 3. The third-order valence-corrected chi connectivity index (χ3v) is 3.40. The average Bonchev–Trinajstić information content (AvgIpc) is 2.47. The molecular formula is C15H18FNO4. The van der Waals surface area contributed by atoms with Gasteiger partial charge in [-0.2, -0.15) is 0 Å². The Hall–Kier alpha value is -1.95.